The maximum absolute atomic E-state index is 11.5. The Kier molecular flexibility index (Phi) is 6.82. The first-order valence-electron chi connectivity index (χ1n) is 7.16. The molecular weight excluding hydrogens is 320 g/mol. The SMILES string of the molecule is CC(C)(C)OC(=O)NCCC(O)C(O)c1cc(Cl)cc(C#N)c1. The molecule has 0 aliphatic rings. The van der Waals surface area contributed by atoms with Gasteiger partial charge in [0.2, 0.25) is 0 Å². The summed E-state index contributed by atoms with van der Waals surface area (Å²) in [6, 6.07) is 6.34. The summed E-state index contributed by atoms with van der Waals surface area (Å²) in [5, 5.41) is 31.8. The molecule has 6 nitrogen and oxygen atoms in total. The molecule has 2 atom stereocenters. The van der Waals surface area contributed by atoms with E-state index in [4.69, 9.17) is 21.6 Å². The van der Waals surface area contributed by atoms with Crippen LogP contribution in [0.4, 0.5) is 4.79 Å². The van der Waals surface area contributed by atoms with Crippen molar-refractivity contribution < 1.29 is 19.7 Å². The van der Waals surface area contributed by atoms with E-state index in [1.165, 1.54) is 18.2 Å². The zero-order valence-corrected chi connectivity index (χ0v) is 14.1. The molecule has 0 aromatic heterocycles. The Labute approximate surface area is 140 Å². The van der Waals surface area contributed by atoms with Crippen molar-refractivity contribution in [1.29, 1.82) is 5.26 Å². The smallest absolute Gasteiger partial charge is 0.407 e. The number of halogens is 1. The molecule has 0 aliphatic heterocycles. The molecule has 0 heterocycles. The molecule has 0 bridgehead atoms. The highest BCUT2D eigenvalue weighted by Gasteiger charge is 2.20. The maximum atomic E-state index is 11.5. The van der Waals surface area contributed by atoms with Gasteiger partial charge >= 0.3 is 6.09 Å². The Morgan fingerprint density at radius 1 is 1.39 bits per heavy atom. The van der Waals surface area contributed by atoms with Gasteiger partial charge in [-0.2, -0.15) is 5.26 Å². The molecule has 1 aromatic rings. The average molecular weight is 341 g/mol. The van der Waals surface area contributed by atoms with Gasteiger partial charge in [0.15, 0.2) is 0 Å². The molecule has 0 radical (unpaired) electrons. The number of nitrogens with zero attached hydrogens (tertiary/aromatic N) is 1. The summed E-state index contributed by atoms with van der Waals surface area (Å²) in [6.45, 7) is 5.38. The summed E-state index contributed by atoms with van der Waals surface area (Å²) >= 11 is 5.87. The van der Waals surface area contributed by atoms with Crippen LogP contribution in [0.3, 0.4) is 0 Å². The van der Waals surface area contributed by atoms with Gasteiger partial charge in [-0.1, -0.05) is 11.6 Å². The molecule has 0 spiro atoms. The van der Waals surface area contributed by atoms with Gasteiger partial charge in [0.05, 0.1) is 17.7 Å². The Balaban J connectivity index is 2.55. The second-order valence-electron chi connectivity index (χ2n) is 6.11. The highest BCUT2D eigenvalue weighted by Crippen LogP contribution is 2.23. The molecule has 3 N–H and O–H groups in total. The van der Waals surface area contributed by atoms with E-state index in [9.17, 15) is 15.0 Å². The van der Waals surface area contributed by atoms with E-state index in [-0.39, 0.29) is 13.0 Å². The third-order valence-electron chi connectivity index (χ3n) is 2.86. The summed E-state index contributed by atoms with van der Waals surface area (Å²) in [5.41, 5.74) is 0.0425. The van der Waals surface area contributed by atoms with Crippen molar-refractivity contribution in [3.8, 4) is 6.07 Å². The largest absolute Gasteiger partial charge is 0.444 e. The monoisotopic (exact) mass is 340 g/mol. The molecule has 0 aliphatic carbocycles. The number of alkyl carbamates (subject to hydrolysis) is 1. The minimum absolute atomic E-state index is 0.120. The lowest BCUT2D eigenvalue weighted by atomic mass is 10.0. The second kappa shape index (κ2) is 8.16. The third kappa shape index (κ3) is 6.87. The molecule has 1 amide bonds. The fourth-order valence-electron chi connectivity index (χ4n) is 1.86. The van der Waals surface area contributed by atoms with Gasteiger partial charge < -0.3 is 20.3 Å². The average Bonchev–Trinajstić information content (AvgIpc) is 2.43. The molecule has 2 unspecified atom stereocenters. The first-order valence-corrected chi connectivity index (χ1v) is 7.54. The zero-order valence-electron chi connectivity index (χ0n) is 13.3. The van der Waals surface area contributed by atoms with Crippen molar-refractivity contribution in [3.63, 3.8) is 0 Å². The van der Waals surface area contributed by atoms with E-state index in [2.05, 4.69) is 5.32 Å². The molecule has 1 aromatic carbocycles. The summed E-state index contributed by atoms with van der Waals surface area (Å²) in [5.74, 6) is 0. The van der Waals surface area contributed by atoms with Crippen LogP contribution in [0.15, 0.2) is 18.2 Å². The summed E-state index contributed by atoms with van der Waals surface area (Å²) < 4.78 is 5.06. The van der Waals surface area contributed by atoms with Crippen LogP contribution in [-0.2, 0) is 4.74 Å². The van der Waals surface area contributed by atoms with Crippen LogP contribution in [0.5, 0.6) is 0 Å². The highest BCUT2D eigenvalue weighted by molar-refractivity contribution is 6.30. The van der Waals surface area contributed by atoms with E-state index in [0.29, 0.717) is 16.1 Å². The molecule has 0 saturated carbocycles. The molecule has 23 heavy (non-hydrogen) atoms. The van der Waals surface area contributed by atoms with Gasteiger partial charge in [-0.3, -0.25) is 0 Å². The van der Waals surface area contributed by atoms with Gasteiger partial charge in [-0.05, 0) is 51.0 Å². The molecule has 1 rings (SSSR count). The summed E-state index contributed by atoms with van der Waals surface area (Å²) in [6.07, 6.45) is -2.79. The van der Waals surface area contributed by atoms with Crippen LogP contribution in [0.25, 0.3) is 0 Å². The fourth-order valence-corrected chi connectivity index (χ4v) is 2.11. The number of benzene rings is 1. The Morgan fingerprint density at radius 3 is 2.61 bits per heavy atom. The lowest BCUT2D eigenvalue weighted by Gasteiger charge is -2.21. The number of carbonyl (C=O) groups excluding carboxylic acids is 1. The van der Waals surface area contributed by atoms with Crippen molar-refractivity contribution in [2.45, 2.75) is 45.0 Å². The normalized spacial score (nSPS) is 13.8. The second-order valence-corrected chi connectivity index (χ2v) is 6.55. The van der Waals surface area contributed by atoms with Crippen molar-refractivity contribution in [2.24, 2.45) is 0 Å². The van der Waals surface area contributed by atoms with Crippen molar-refractivity contribution >= 4 is 17.7 Å². The quantitative estimate of drug-likeness (QED) is 0.764. The van der Waals surface area contributed by atoms with E-state index < -0.39 is 23.9 Å². The lowest BCUT2D eigenvalue weighted by molar-refractivity contribution is 0.0123. The predicted molar refractivity (Wildman–Crippen MR) is 86.0 cm³/mol. The predicted octanol–water partition coefficient (Wildman–Crippen LogP) is 2.52. The number of rotatable bonds is 5. The minimum Gasteiger partial charge on any atom is -0.444 e. The first-order chi connectivity index (χ1) is 10.6. The number of amides is 1. The number of nitriles is 1. The van der Waals surface area contributed by atoms with Crippen LogP contribution in [0, 0.1) is 11.3 Å². The fraction of sp³-hybridized carbons (Fsp3) is 0.500. The topological polar surface area (TPSA) is 103 Å². The van der Waals surface area contributed by atoms with Gasteiger partial charge in [0.25, 0.3) is 0 Å². The number of hydrogen-bond donors (Lipinski definition) is 3. The molecule has 0 fully saturated rings. The minimum atomic E-state index is -1.21. The van der Waals surface area contributed by atoms with Crippen LogP contribution in [0.2, 0.25) is 5.02 Å². The molecule has 7 heteroatoms. The number of hydrogen-bond acceptors (Lipinski definition) is 5. The zero-order chi connectivity index (χ0) is 17.6. The van der Waals surface area contributed by atoms with Crippen LogP contribution < -0.4 is 5.32 Å². The molecule has 0 saturated heterocycles. The molecular formula is C16H21ClN2O4. The first kappa shape index (κ1) is 19.2. The number of carbonyl (C=O) groups is 1. The van der Waals surface area contributed by atoms with Crippen molar-refractivity contribution in [3.05, 3.63) is 34.3 Å². The molecule has 126 valence electrons. The van der Waals surface area contributed by atoms with Gasteiger partial charge in [-0.15, -0.1) is 0 Å². The summed E-state index contributed by atoms with van der Waals surface area (Å²) in [4.78, 5) is 11.5. The van der Waals surface area contributed by atoms with E-state index in [1.807, 2.05) is 6.07 Å². The Bertz CT molecular complexity index is 593. The number of aliphatic hydroxyl groups excluding tert-OH is 2. The van der Waals surface area contributed by atoms with Gasteiger partial charge in [0, 0.05) is 11.6 Å². The Hall–Kier alpha value is -1.81. The summed E-state index contributed by atoms with van der Waals surface area (Å²) in [7, 11) is 0. The highest BCUT2D eigenvalue weighted by atomic mass is 35.5. The standard InChI is InChI=1S/C16H21ClN2O4/c1-16(2,3)23-15(22)19-5-4-13(20)14(21)11-6-10(9-18)7-12(17)8-11/h6-8,13-14,20-21H,4-5H2,1-3H3,(H,19,22). The van der Waals surface area contributed by atoms with Crippen LogP contribution >= 0.6 is 11.6 Å². The van der Waals surface area contributed by atoms with Crippen molar-refractivity contribution in [1.82, 2.24) is 5.32 Å². The number of ether oxygens (including phenoxy) is 1. The van der Waals surface area contributed by atoms with Crippen LogP contribution in [-0.4, -0.2) is 34.6 Å². The van der Waals surface area contributed by atoms with Gasteiger partial charge in [0.1, 0.15) is 11.7 Å². The van der Waals surface area contributed by atoms with Crippen molar-refractivity contribution in [2.75, 3.05) is 6.54 Å². The van der Waals surface area contributed by atoms with E-state index in [0.717, 1.165) is 0 Å². The van der Waals surface area contributed by atoms with Gasteiger partial charge in [-0.25, -0.2) is 4.79 Å². The third-order valence-corrected chi connectivity index (χ3v) is 3.08. The number of aliphatic hydroxyl groups is 2. The van der Waals surface area contributed by atoms with E-state index in [1.54, 1.807) is 20.8 Å². The Morgan fingerprint density at radius 2 is 2.04 bits per heavy atom. The number of nitrogens with one attached hydrogen (secondary N) is 1. The lowest BCUT2D eigenvalue weighted by Crippen LogP contribution is -2.34. The van der Waals surface area contributed by atoms with Crippen LogP contribution in [0.1, 0.15) is 44.4 Å². The van der Waals surface area contributed by atoms with E-state index >= 15 is 0 Å². The maximum Gasteiger partial charge on any atom is 0.407 e.